The summed E-state index contributed by atoms with van der Waals surface area (Å²) in [4.78, 5) is 13.3. The Morgan fingerprint density at radius 2 is 2.47 bits per heavy atom. The first kappa shape index (κ1) is 12.6. The van der Waals surface area contributed by atoms with Gasteiger partial charge in [0.25, 0.3) is 0 Å². The van der Waals surface area contributed by atoms with Crippen molar-refractivity contribution in [3.05, 3.63) is 12.7 Å². The van der Waals surface area contributed by atoms with Crippen molar-refractivity contribution in [2.75, 3.05) is 25.4 Å². The maximum atomic E-state index is 11.4. The smallest absolute Gasteiger partial charge is 0.236 e. The Labute approximate surface area is 96.1 Å². The number of nitrogens with two attached hydrogens (primary N) is 1. The molecule has 1 fully saturated rings. The normalized spacial score (nSPS) is 21.4. The van der Waals surface area contributed by atoms with Crippen molar-refractivity contribution in [1.29, 1.82) is 0 Å². The molecule has 1 rings (SSSR count). The van der Waals surface area contributed by atoms with Crippen molar-refractivity contribution < 1.29 is 4.79 Å². The molecule has 0 bridgehead atoms. The van der Waals surface area contributed by atoms with Crippen LogP contribution in [-0.2, 0) is 4.79 Å². The van der Waals surface area contributed by atoms with Gasteiger partial charge in [0.05, 0.1) is 6.54 Å². The van der Waals surface area contributed by atoms with E-state index >= 15 is 0 Å². The average molecular weight is 228 g/mol. The zero-order chi connectivity index (χ0) is 11.1. The number of thioether (sulfide) groups is 1. The number of rotatable bonds is 5. The van der Waals surface area contributed by atoms with Crippen LogP contribution in [0, 0.1) is 0 Å². The van der Waals surface area contributed by atoms with Crippen LogP contribution in [0.4, 0.5) is 0 Å². The van der Waals surface area contributed by atoms with Crippen LogP contribution >= 0.6 is 11.8 Å². The predicted octanol–water partition coefficient (Wildman–Crippen LogP) is 1.25. The molecule has 0 aromatic carbocycles. The third-order valence-electron chi connectivity index (χ3n) is 2.58. The van der Waals surface area contributed by atoms with Gasteiger partial charge in [-0.1, -0.05) is 6.08 Å². The van der Waals surface area contributed by atoms with E-state index < -0.39 is 0 Å². The van der Waals surface area contributed by atoms with Gasteiger partial charge in [0, 0.05) is 18.3 Å². The molecule has 1 saturated heterocycles. The standard InChI is InChI=1S/C11H20N2OS/c1-2-3-7-15-10-5-4-6-13(9-10)11(14)8-12/h2,10H,1,3-9,12H2. The first-order valence-corrected chi connectivity index (χ1v) is 6.53. The number of amides is 1. The van der Waals surface area contributed by atoms with Gasteiger partial charge in [0.15, 0.2) is 0 Å². The van der Waals surface area contributed by atoms with Gasteiger partial charge >= 0.3 is 0 Å². The SMILES string of the molecule is C=CCCSC1CCCN(C(=O)CN)C1. The molecule has 15 heavy (non-hydrogen) atoms. The number of nitrogens with zero attached hydrogens (tertiary/aromatic N) is 1. The molecular formula is C11H20N2OS. The number of allylic oxidation sites excluding steroid dienone is 1. The maximum absolute atomic E-state index is 11.4. The summed E-state index contributed by atoms with van der Waals surface area (Å²) >= 11 is 1.95. The molecule has 1 atom stereocenters. The Kier molecular flexibility index (Phi) is 5.79. The molecule has 3 nitrogen and oxygen atoms in total. The summed E-state index contributed by atoms with van der Waals surface area (Å²) in [7, 11) is 0. The molecule has 0 aromatic heterocycles. The van der Waals surface area contributed by atoms with Crippen molar-refractivity contribution >= 4 is 17.7 Å². The lowest BCUT2D eigenvalue weighted by molar-refractivity contribution is -0.130. The lowest BCUT2D eigenvalue weighted by Crippen LogP contribution is -2.44. The molecular weight excluding hydrogens is 208 g/mol. The van der Waals surface area contributed by atoms with Gasteiger partial charge in [-0.3, -0.25) is 4.79 Å². The number of piperidine rings is 1. The van der Waals surface area contributed by atoms with Crippen LogP contribution in [0.15, 0.2) is 12.7 Å². The fourth-order valence-corrected chi connectivity index (χ4v) is 3.00. The van der Waals surface area contributed by atoms with E-state index in [1.54, 1.807) is 0 Å². The van der Waals surface area contributed by atoms with Crippen molar-refractivity contribution in [2.45, 2.75) is 24.5 Å². The second-order valence-corrected chi connectivity index (χ2v) is 5.16. The van der Waals surface area contributed by atoms with E-state index in [-0.39, 0.29) is 12.5 Å². The summed E-state index contributed by atoms with van der Waals surface area (Å²) in [6, 6.07) is 0. The second-order valence-electron chi connectivity index (χ2n) is 3.76. The van der Waals surface area contributed by atoms with E-state index in [9.17, 15) is 4.79 Å². The molecule has 4 heteroatoms. The summed E-state index contributed by atoms with van der Waals surface area (Å²) in [5, 5.41) is 0.592. The van der Waals surface area contributed by atoms with Crippen molar-refractivity contribution in [3.63, 3.8) is 0 Å². The molecule has 0 spiro atoms. The molecule has 0 radical (unpaired) electrons. The van der Waals surface area contributed by atoms with E-state index in [1.807, 2.05) is 22.7 Å². The van der Waals surface area contributed by atoms with E-state index in [0.717, 1.165) is 31.7 Å². The molecule has 1 unspecified atom stereocenters. The van der Waals surface area contributed by atoms with Crippen molar-refractivity contribution in [2.24, 2.45) is 5.73 Å². The molecule has 1 aliphatic heterocycles. The Morgan fingerprint density at radius 1 is 1.67 bits per heavy atom. The molecule has 1 amide bonds. The topological polar surface area (TPSA) is 46.3 Å². The quantitative estimate of drug-likeness (QED) is 0.569. The highest BCUT2D eigenvalue weighted by Gasteiger charge is 2.22. The minimum atomic E-state index is 0.0871. The van der Waals surface area contributed by atoms with E-state index in [1.165, 1.54) is 6.42 Å². The Hall–Kier alpha value is -0.480. The Bertz CT molecular complexity index is 221. The number of hydrogen-bond acceptors (Lipinski definition) is 3. The predicted molar refractivity (Wildman–Crippen MR) is 65.9 cm³/mol. The van der Waals surface area contributed by atoms with Gasteiger partial charge in [-0.25, -0.2) is 0 Å². The van der Waals surface area contributed by atoms with Gasteiger partial charge in [-0.05, 0) is 25.0 Å². The molecule has 0 aromatic rings. The lowest BCUT2D eigenvalue weighted by atomic mass is 10.1. The summed E-state index contributed by atoms with van der Waals surface area (Å²) < 4.78 is 0. The summed E-state index contributed by atoms with van der Waals surface area (Å²) in [6.07, 6.45) is 5.32. The van der Waals surface area contributed by atoms with Gasteiger partial charge in [-0.2, -0.15) is 11.8 Å². The first-order chi connectivity index (χ1) is 7.27. The van der Waals surface area contributed by atoms with Gasteiger partial charge < -0.3 is 10.6 Å². The number of carbonyl (C=O) groups is 1. The fourth-order valence-electron chi connectivity index (χ4n) is 1.75. The van der Waals surface area contributed by atoms with Crippen LogP contribution in [-0.4, -0.2) is 41.4 Å². The largest absolute Gasteiger partial charge is 0.340 e. The monoisotopic (exact) mass is 228 g/mol. The van der Waals surface area contributed by atoms with E-state index in [0.29, 0.717) is 5.25 Å². The number of carbonyl (C=O) groups excluding carboxylic acids is 1. The van der Waals surface area contributed by atoms with Gasteiger partial charge in [0.1, 0.15) is 0 Å². The van der Waals surface area contributed by atoms with Crippen molar-refractivity contribution in [3.8, 4) is 0 Å². The van der Waals surface area contributed by atoms with Crippen molar-refractivity contribution in [1.82, 2.24) is 4.90 Å². The molecule has 1 heterocycles. The Morgan fingerprint density at radius 3 is 3.13 bits per heavy atom. The highest BCUT2D eigenvalue weighted by molar-refractivity contribution is 7.99. The minimum absolute atomic E-state index is 0.0871. The molecule has 0 saturated carbocycles. The highest BCUT2D eigenvalue weighted by atomic mass is 32.2. The fraction of sp³-hybridized carbons (Fsp3) is 0.727. The van der Waals surface area contributed by atoms with Crippen LogP contribution in [0.5, 0.6) is 0 Å². The lowest BCUT2D eigenvalue weighted by Gasteiger charge is -2.32. The number of hydrogen-bond donors (Lipinski definition) is 1. The zero-order valence-corrected chi connectivity index (χ0v) is 9.97. The summed E-state index contributed by atoms with van der Waals surface area (Å²) in [5.41, 5.74) is 5.36. The average Bonchev–Trinajstić information content (AvgIpc) is 2.29. The van der Waals surface area contributed by atoms with Gasteiger partial charge in [0.2, 0.25) is 5.91 Å². The summed E-state index contributed by atoms with van der Waals surface area (Å²) in [5.74, 6) is 1.20. The molecule has 0 aliphatic carbocycles. The van der Waals surface area contributed by atoms with E-state index in [4.69, 9.17) is 5.73 Å². The third-order valence-corrected chi connectivity index (χ3v) is 3.91. The van der Waals surface area contributed by atoms with Crippen LogP contribution in [0.2, 0.25) is 0 Å². The second kappa shape index (κ2) is 6.90. The molecule has 1 aliphatic rings. The first-order valence-electron chi connectivity index (χ1n) is 5.48. The van der Waals surface area contributed by atoms with Crippen LogP contribution in [0.1, 0.15) is 19.3 Å². The summed E-state index contributed by atoms with van der Waals surface area (Å²) in [6.45, 7) is 5.60. The molecule has 2 N–H and O–H groups in total. The number of likely N-dealkylation sites (tertiary alicyclic amines) is 1. The Balaban J connectivity index is 2.28. The van der Waals surface area contributed by atoms with Crippen LogP contribution < -0.4 is 5.73 Å². The highest BCUT2D eigenvalue weighted by Crippen LogP contribution is 2.23. The zero-order valence-electron chi connectivity index (χ0n) is 9.15. The maximum Gasteiger partial charge on any atom is 0.236 e. The van der Waals surface area contributed by atoms with Crippen LogP contribution in [0.25, 0.3) is 0 Å². The third kappa shape index (κ3) is 4.26. The van der Waals surface area contributed by atoms with Crippen LogP contribution in [0.3, 0.4) is 0 Å². The van der Waals surface area contributed by atoms with E-state index in [2.05, 4.69) is 6.58 Å². The van der Waals surface area contributed by atoms with Gasteiger partial charge in [-0.15, -0.1) is 6.58 Å². The minimum Gasteiger partial charge on any atom is -0.340 e. The molecule has 86 valence electrons.